The molecule has 0 aliphatic carbocycles. The summed E-state index contributed by atoms with van der Waals surface area (Å²) in [6, 6.07) is 0. The van der Waals surface area contributed by atoms with Gasteiger partial charge in [-0.25, -0.2) is 0 Å². The molecule has 0 N–H and O–H groups in total. The minimum absolute atomic E-state index is 0.635. The van der Waals surface area contributed by atoms with Crippen molar-refractivity contribution in [2.24, 2.45) is 0 Å². The molecular formula is C9H20S6. The van der Waals surface area contributed by atoms with Gasteiger partial charge in [-0.2, -0.15) is 49.6 Å². The zero-order valence-electron chi connectivity index (χ0n) is 8.96. The molecule has 15 heavy (non-hydrogen) atoms. The first-order valence-electron chi connectivity index (χ1n) is 4.97. The van der Waals surface area contributed by atoms with Crippen LogP contribution < -0.4 is 0 Å². The Morgan fingerprint density at radius 2 is 1.53 bits per heavy atom. The number of hydrogen-bond donors (Lipinski definition) is 3. The van der Waals surface area contributed by atoms with Gasteiger partial charge in [-0.3, -0.25) is 0 Å². The van der Waals surface area contributed by atoms with Crippen molar-refractivity contribution in [2.75, 3.05) is 34.5 Å². The Morgan fingerprint density at radius 1 is 0.933 bits per heavy atom. The van der Waals surface area contributed by atoms with Crippen LogP contribution in [0.4, 0.5) is 0 Å². The molecule has 0 rings (SSSR count). The molecule has 92 valence electrons. The van der Waals surface area contributed by atoms with E-state index in [1.807, 2.05) is 35.3 Å². The predicted molar refractivity (Wildman–Crippen MR) is 92.2 cm³/mol. The fourth-order valence-corrected chi connectivity index (χ4v) is 6.45. The number of rotatable bonds is 10. The topological polar surface area (TPSA) is 0 Å². The van der Waals surface area contributed by atoms with Crippen molar-refractivity contribution < 1.29 is 0 Å². The number of hydrogen-bond acceptors (Lipinski definition) is 6. The fraction of sp³-hybridized carbons (Fsp3) is 1.00. The van der Waals surface area contributed by atoms with Crippen LogP contribution in [-0.4, -0.2) is 44.3 Å². The monoisotopic (exact) mass is 320 g/mol. The first-order chi connectivity index (χ1) is 7.29. The van der Waals surface area contributed by atoms with Crippen LogP contribution in [0.25, 0.3) is 0 Å². The third-order valence-electron chi connectivity index (χ3n) is 1.61. The summed E-state index contributed by atoms with van der Waals surface area (Å²) in [7, 11) is 0. The minimum Gasteiger partial charge on any atom is -0.179 e. The van der Waals surface area contributed by atoms with Crippen LogP contribution in [-0.2, 0) is 0 Å². The third-order valence-corrected chi connectivity index (χ3v) is 7.86. The van der Waals surface area contributed by atoms with Crippen molar-refractivity contribution in [1.82, 2.24) is 0 Å². The Kier molecular flexibility index (Phi) is 14.3. The van der Waals surface area contributed by atoms with Crippen LogP contribution in [0, 0.1) is 0 Å². The molecule has 0 bridgehead atoms. The lowest BCUT2D eigenvalue weighted by atomic mass is 10.5. The molecule has 2 atom stereocenters. The quantitative estimate of drug-likeness (QED) is 0.415. The molecule has 6 heteroatoms. The Bertz CT molecular complexity index is 132. The summed E-state index contributed by atoms with van der Waals surface area (Å²) in [6.45, 7) is 2.22. The second-order valence-corrected chi connectivity index (χ2v) is 8.31. The van der Waals surface area contributed by atoms with E-state index in [9.17, 15) is 0 Å². The zero-order chi connectivity index (χ0) is 11.5. The number of thiol groups is 3. The Balaban J connectivity index is 4.00. The van der Waals surface area contributed by atoms with E-state index in [4.69, 9.17) is 0 Å². The van der Waals surface area contributed by atoms with Crippen LogP contribution in [0.1, 0.15) is 6.92 Å². The highest BCUT2D eigenvalue weighted by Gasteiger charge is 2.20. The van der Waals surface area contributed by atoms with Gasteiger partial charge in [0.1, 0.15) is 0 Å². The van der Waals surface area contributed by atoms with E-state index >= 15 is 0 Å². The van der Waals surface area contributed by atoms with Gasteiger partial charge in [0.05, 0.1) is 4.58 Å². The van der Waals surface area contributed by atoms with Crippen LogP contribution in [0.3, 0.4) is 0 Å². The molecule has 0 aromatic heterocycles. The molecule has 0 heterocycles. The average Bonchev–Trinajstić information content (AvgIpc) is 2.26. The first kappa shape index (κ1) is 17.1. The molecule has 0 aromatic rings. The maximum Gasteiger partial charge on any atom is 0.0629 e. The summed E-state index contributed by atoms with van der Waals surface area (Å²) in [5, 5.41) is 0.635. The van der Waals surface area contributed by atoms with E-state index in [0.717, 1.165) is 28.8 Å². The van der Waals surface area contributed by atoms with Gasteiger partial charge in [0.15, 0.2) is 0 Å². The summed E-state index contributed by atoms with van der Waals surface area (Å²) in [4.78, 5) is 0. The maximum atomic E-state index is 4.45. The molecule has 0 nitrogen and oxygen atoms in total. The Labute approximate surface area is 123 Å². The van der Waals surface area contributed by atoms with Gasteiger partial charge in [0, 0.05) is 22.5 Å². The normalized spacial score (nSPS) is 15.2. The summed E-state index contributed by atoms with van der Waals surface area (Å²) in [5.41, 5.74) is 0. The molecule has 0 saturated carbocycles. The fourth-order valence-electron chi connectivity index (χ4n) is 1.02. The molecule has 0 amide bonds. The summed E-state index contributed by atoms with van der Waals surface area (Å²) in [6.07, 6.45) is 0. The van der Waals surface area contributed by atoms with Crippen molar-refractivity contribution >= 4 is 73.2 Å². The highest BCUT2D eigenvalue weighted by atomic mass is 32.2. The molecule has 0 radical (unpaired) electrons. The minimum atomic E-state index is 0.635. The molecule has 0 aromatic carbocycles. The molecule has 0 aliphatic rings. The second-order valence-electron chi connectivity index (χ2n) is 2.73. The van der Waals surface area contributed by atoms with E-state index in [0.29, 0.717) is 9.83 Å². The average molecular weight is 321 g/mol. The number of thioether (sulfide) groups is 3. The Morgan fingerprint density at radius 3 is 2.00 bits per heavy atom. The van der Waals surface area contributed by atoms with E-state index in [1.54, 1.807) is 0 Å². The van der Waals surface area contributed by atoms with Gasteiger partial charge >= 0.3 is 0 Å². The van der Waals surface area contributed by atoms with E-state index in [-0.39, 0.29) is 0 Å². The van der Waals surface area contributed by atoms with Crippen LogP contribution >= 0.6 is 73.2 Å². The van der Waals surface area contributed by atoms with E-state index in [2.05, 4.69) is 44.8 Å². The Hall–Kier alpha value is 2.10. The molecule has 0 spiro atoms. The molecular weight excluding hydrogens is 301 g/mol. The molecule has 2 unspecified atom stereocenters. The SMILES string of the molecule is CCSC(SCCS)C(CS)SCCS. The first-order valence-corrected chi connectivity index (χ1v) is 10.0. The highest BCUT2D eigenvalue weighted by Crippen LogP contribution is 2.34. The van der Waals surface area contributed by atoms with E-state index in [1.165, 1.54) is 5.75 Å². The van der Waals surface area contributed by atoms with Gasteiger partial charge in [0.2, 0.25) is 0 Å². The van der Waals surface area contributed by atoms with Gasteiger partial charge in [-0.1, -0.05) is 6.92 Å². The zero-order valence-corrected chi connectivity index (χ0v) is 14.1. The van der Waals surface area contributed by atoms with Crippen molar-refractivity contribution in [3.05, 3.63) is 0 Å². The van der Waals surface area contributed by atoms with Crippen LogP contribution in [0.2, 0.25) is 0 Å². The lowest BCUT2D eigenvalue weighted by Gasteiger charge is -2.24. The largest absolute Gasteiger partial charge is 0.179 e. The van der Waals surface area contributed by atoms with Crippen molar-refractivity contribution in [3.8, 4) is 0 Å². The standard InChI is InChI=1S/C9H20S6/c1-2-13-9(15-6-4-11)8(7-12)14-5-3-10/h8-12H,2-7H2,1H3. The van der Waals surface area contributed by atoms with Gasteiger partial charge in [-0.15, -0.1) is 23.5 Å². The highest BCUT2D eigenvalue weighted by molar-refractivity contribution is 8.18. The van der Waals surface area contributed by atoms with Crippen molar-refractivity contribution in [1.29, 1.82) is 0 Å². The van der Waals surface area contributed by atoms with Crippen molar-refractivity contribution in [3.63, 3.8) is 0 Å². The third kappa shape index (κ3) is 8.77. The maximum absolute atomic E-state index is 4.45. The lowest BCUT2D eigenvalue weighted by Crippen LogP contribution is -2.20. The molecule has 0 fully saturated rings. The predicted octanol–water partition coefficient (Wildman–Crippen LogP) is 3.69. The molecule has 0 aliphatic heterocycles. The second kappa shape index (κ2) is 12.6. The summed E-state index contributed by atoms with van der Waals surface area (Å²) in [5.74, 6) is 6.30. The van der Waals surface area contributed by atoms with Gasteiger partial charge in [0.25, 0.3) is 0 Å². The van der Waals surface area contributed by atoms with Crippen LogP contribution in [0.15, 0.2) is 0 Å². The van der Waals surface area contributed by atoms with E-state index < -0.39 is 0 Å². The smallest absolute Gasteiger partial charge is 0.0629 e. The van der Waals surface area contributed by atoms with Crippen LogP contribution in [0.5, 0.6) is 0 Å². The molecule has 0 saturated heterocycles. The summed E-state index contributed by atoms with van der Waals surface area (Å²) < 4.78 is 0.657. The lowest BCUT2D eigenvalue weighted by molar-refractivity contribution is 1.10. The van der Waals surface area contributed by atoms with Crippen molar-refractivity contribution in [2.45, 2.75) is 16.8 Å². The van der Waals surface area contributed by atoms with Gasteiger partial charge in [-0.05, 0) is 17.3 Å². The van der Waals surface area contributed by atoms with Gasteiger partial charge < -0.3 is 0 Å². The summed E-state index contributed by atoms with van der Waals surface area (Å²) >= 11 is 19.0.